The molecule has 0 amide bonds. The first-order valence-corrected chi connectivity index (χ1v) is 5.45. The molecule has 2 atom stereocenters. The third-order valence-electron chi connectivity index (χ3n) is 1.56. The second kappa shape index (κ2) is 4.35. The first-order valence-electron chi connectivity index (χ1n) is 3.49. The summed E-state index contributed by atoms with van der Waals surface area (Å²) in [5.74, 6) is -0.729. The van der Waals surface area contributed by atoms with Crippen LogP contribution < -0.4 is 0 Å². The number of ketones is 1. The molecule has 0 saturated heterocycles. The first-order chi connectivity index (χ1) is 5.84. The summed E-state index contributed by atoms with van der Waals surface area (Å²) in [6.45, 7) is 1.40. The minimum atomic E-state index is -3.66. The standard InChI is InChI=1S/C7H11NO4S/c1-5(12-2)7(9)6(4-8)13(3,10)11/h5-6H,1-3H3. The zero-order valence-electron chi connectivity index (χ0n) is 7.64. The summed E-state index contributed by atoms with van der Waals surface area (Å²) in [7, 11) is -2.38. The number of sulfone groups is 1. The van der Waals surface area contributed by atoms with Gasteiger partial charge in [-0.1, -0.05) is 0 Å². The lowest BCUT2D eigenvalue weighted by Gasteiger charge is -2.10. The van der Waals surface area contributed by atoms with Gasteiger partial charge in [0.1, 0.15) is 6.10 Å². The van der Waals surface area contributed by atoms with Crippen molar-refractivity contribution in [3.05, 3.63) is 0 Å². The lowest BCUT2D eigenvalue weighted by Crippen LogP contribution is -2.35. The molecule has 0 fully saturated rings. The predicted molar refractivity (Wildman–Crippen MR) is 45.7 cm³/mol. The molecule has 74 valence electrons. The normalized spacial score (nSPS) is 15.8. The van der Waals surface area contributed by atoms with Gasteiger partial charge in [-0.05, 0) is 6.92 Å². The van der Waals surface area contributed by atoms with E-state index in [-0.39, 0.29) is 0 Å². The summed E-state index contributed by atoms with van der Waals surface area (Å²) in [5, 5.41) is 6.85. The Morgan fingerprint density at radius 2 is 2.00 bits per heavy atom. The monoisotopic (exact) mass is 205 g/mol. The van der Waals surface area contributed by atoms with Gasteiger partial charge in [-0.15, -0.1) is 0 Å². The molecule has 0 spiro atoms. The van der Waals surface area contributed by atoms with Gasteiger partial charge in [0, 0.05) is 13.4 Å². The van der Waals surface area contributed by atoms with Crippen molar-refractivity contribution in [1.29, 1.82) is 5.26 Å². The van der Waals surface area contributed by atoms with Crippen LogP contribution in [0.4, 0.5) is 0 Å². The van der Waals surface area contributed by atoms with E-state index in [0.29, 0.717) is 0 Å². The maximum absolute atomic E-state index is 11.2. The van der Waals surface area contributed by atoms with Crippen LogP contribution in [-0.4, -0.2) is 38.9 Å². The SMILES string of the molecule is COC(C)C(=O)C(C#N)S(C)(=O)=O. The van der Waals surface area contributed by atoms with Crippen LogP contribution in [0.5, 0.6) is 0 Å². The zero-order chi connectivity index (χ0) is 10.6. The van der Waals surface area contributed by atoms with Crippen molar-refractivity contribution < 1.29 is 17.9 Å². The number of nitriles is 1. The third kappa shape index (κ3) is 3.13. The maximum atomic E-state index is 11.2. The molecule has 0 bridgehead atoms. The quantitative estimate of drug-likeness (QED) is 0.619. The molecule has 0 radical (unpaired) electrons. The average molecular weight is 205 g/mol. The Labute approximate surface area is 77.2 Å². The fraction of sp³-hybridized carbons (Fsp3) is 0.714. The number of carbonyl (C=O) groups is 1. The lowest BCUT2D eigenvalue weighted by molar-refractivity contribution is -0.126. The number of hydrogen-bond donors (Lipinski definition) is 0. The molecule has 13 heavy (non-hydrogen) atoms. The second-order valence-electron chi connectivity index (χ2n) is 2.62. The number of nitrogens with zero attached hydrogens (tertiary/aromatic N) is 1. The average Bonchev–Trinajstić information content (AvgIpc) is 2.01. The van der Waals surface area contributed by atoms with E-state index in [2.05, 4.69) is 4.74 Å². The van der Waals surface area contributed by atoms with Gasteiger partial charge in [-0.25, -0.2) is 8.42 Å². The molecule has 0 aliphatic rings. The summed E-state index contributed by atoms with van der Waals surface area (Å²) >= 11 is 0. The van der Waals surface area contributed by atoms with E-state index in [0.717, 1.165) is 6.26 Å². The van der Waals surface area contributed by atoms with E-state index in [1.54, 1.807) is 0 Å². The van der Waals surface area contributed by atoms with Crippen LogP contribution in [0, 0.1) is 11.3 Å². The number of carbonyl (C=O) groups excluding carboxylic acids is 1. The Bertz CT molecular complexity index is 327. The van der Waals surface area contributed by atoms with Gasteiger partial charge < -0.3 is 4.74 Å². The molecule has 0 N–H and O–H groups in total. The van der Waals surface area contributed by atoms with E-state index in [4.69, 9.17) is 5.26 Å². The molecule has 0 aromatic rings. The Hall–Kier alpha value is -0.930. The van der Waals surface area contributed by atoms with Crippen molar-refractivity contribution >= 4 is 15.6 Å². The number of methoxy groups -OCH3 is 1. The van der Waals surface area contributed by atoms with Gasteiger partial charge in [0.05, 0.1) is 6.07 Å². The Kier molecular flexibility index (Phi) is 4.04. The number of hydrogen-bond acceptors (Lipinski definition) is 5. The van der Waals surface area contributed by atoms with Gasteiger partial charge in [-0.2, -0.15) is 5.26 Å². The summed E-state index contributed by atoms with van der Waals surface area (Å²) in [5.41, 5.74) is 0. The van der Waals surface area contributed by atoms with Crippen LogP contribution in [0.1, 0.15) is 6.92 Å². The smallest absolute Gasteiger partial charge is 0.208 e. The molecule has 0 rings (SSSR count). The van der Waals surface area contributed by atoms with Gasteiger partial charge in [0.15, 0.2) is 15.6 Å². The highest BCUT2D eigenvalue weighted by Gasteiger charge is 2.32. The molecular weight excluding hydrogens is 194 g/mol. The van der Waals surface area contributed by atoms with E-state index in [9.17, 15) is 13.2 Å². The number of rotatable bonds is 4. The molecule has 0 aromatic carbocycles. The zero-order valence-corrected chi connectivity index (χ0v) is 8.46. The highest BCUT2D eigenvalue weighted by atomic mass is 32.2. The fourth-order valence-electron chi connectivity index (χ4n) is 0.700. The van der Waals surface area contributed by atoms with Gasteiger partial charge in [0.25, 0.3) is 0 Å². The highest BCUT2D eigenvalue weighted by molar-refractivity contribution is 7.92. The summed E-state index contributed by atoms with van der Waals surface area (Å²) in [6, 6.07) is 1.44. The van der Waals surface area contributed by atoms with Gasteiger partial charge in [-0.3, -0.25) is 4.79 Å². The van der Waals surface area contributed by atoms with Crippen molar-refractivity contribution in [2.75, 3.05) is 13.4 Å². The number of ether oxygens (including phenoxy) is 1. The lowest BCUT2D eigenvalue weighted by atomic mass is 10.2. The van der Waals surface area contributed by atoms with Gasteiger partial charge in [0.2, 0.25) is 5.25 Å². The minimum absolute atomic E-state index is 0.729. The van der Waals surface area contributed by atoms with E-state index in [1.165, 1.54) is 20.1 Å². The van der Waals surface area contributed by atoms with Crippen molar-refractivity contribution in [2.24, 2.45) is 0 Å². The first kappa shape index (κ1) is 12.1. The summed E-state index contributed by atoms with van der Waals surface area (Å²) in [4.78, 5) is 11.2. The molecule has 6 heteroatoms. The number of Topliss-reactive ketones (excluding diaryl/α,β-unsaturated/α-hetero) is 1. The van der Waals surface area contributed by atoms with Crippen LogP contribution in [0.3, 0.4) is 0 Å². The fourth-order valence-corrected chi connectivity index (χ4v) is 1.50. The molecule has 5 nitrogen and oxygen atoms in total. The molecular formula is C7H11NO4S. The van der Waals surface area contributed by atoms with E-state index >= 15 is 0 Å². The van der Waals surface area contributed by atoms with Crippen LogP contribution in [-0.2, 0) is 19.4 Å². The Morgan fingerprint density at radius 1 is 1.54 bits per heavy atom. The highest BCUT2D eigenvalue weighted by Crippen LogP contribution is 2.04. The van der Waals surface area contributed by atoms with Crippen LogP contribution in [0.2, 0.25) is 0 Å². The van der Waals surface area contributed by atoms with E-state index < -0.39 is 27.0 Å². The molecule has 0 aliphatic heterocycles. The maximum Gasteiger partial charge on any atom is 0.208 e. The Balaban J connectivity index is 4.85. The summed E-state index contributed by atoms with van der Waals surface area (Å²) < 4.78 is 26.5. The third-order valence-corrected chi connectivity index (χ3v) is 2.75. The minimum Gasteiger partial charge on any atom is -0.374 e. The molecule has 0 aromatic heterocycles. The van der Waals surface area contributed by atoms with Crippen molar-refractivity contribution in [1.82, 2.24) is 0 Å². The largest absolute Gasteiger partial charge is 0.374 e. The Morgan fingerprint density at radius 3 is 2.23 bits per heavy atom. The molecule has 0 saturated carbocycles. The van der Waals surface area contributed by atoms with Crippen LogP contribution in [0.15, 0.2) is 0 Å². The predicted octanol–water partition coefficient (Wildman–Crippen LogP) is -0.473. The van der Waals surface area contributed by atoms with Crippen LogP contribution >= 0.6 is 0 Å². The second-order valence-corrected chi connectivity index (χ2v) is 4.75. The van der Waals surface area contributed by atoms with E-state index in [1.807, 2.05) is 0 Å². The molecule has 0 aliphatic carbocycles. The van der Waals surface area contributed by atoms with Gasteiger partial charge >= 0.3 is 0 Å². The molecule has 2 unspecified atom stereocenters. The van der Waals surface area contributed by atoms with Crippen molar-refractivity contribution in [3.63, 3.8) is 0 Å². The molecule has 0 heterocycles. The summed E-state index contributed by atoms with van der Waals surface area (Å²) in [6.07, 6.45) is -0.0272. The van der Waals surface area contributed by atoms with Crippen molar-refractivity contribution in [2.45, 2.75) is 18.3 Å². The van der Waals surface area contributed by atoms with Crippen molar-refractivity contribution in [3.8, 4) is 6.07 Å². The van der Waals surface area contributed by atoms with Crippen LogP contribution in [0.25, 0.3) is 0 Å². The topological polar surface area (TPSA) is 84.2 Å².